The Morgan fingerprint density at radius 3 is 2.32 bits per heavy atom. The Balaban J connectivity index is 2.27. The zero-order chi connectivity index (χ0) is 20.9. The lowest BCUT2D eigenvalue weighted by Gasteiger charge is -2.23. The predicted octanol–water partition coefficient (Wildman–Crippen LogP) is 1.21. The fourth-order valence-electron chi connectivity index (χ4n) is 2.46. The molecule has 0 bridgehead atoms. The minimum Gasteiger partial charge on any atom is -0.493 e. The number of nitrogens with zero attached hydrogens (tertiary/aromatic N) is 1. The lowest BCUT2D eigenvalue weighted by atomic mass is 10.2. The zero-order valence-corrected chi connectivity index (χ0v) is 16.4. The Morgan fingerprint density at radius 1 is 1.07 bits per heavy atom. The van der Waals surface area contributed by atoms with Crippen LogP contribution in [0.2, 0.25) is 0 Å². The van der Waals surface area contributed by atoms with Crippen LogP contribution in [0.3, 0.4) is 0 Å². The number of primary amides is 1. The number of hydrogen-bond acceptors (Lipinski definition) is 6. The molecule has 10 heteroatoms. The van der Waals surface area contributed by atoms with E-state index in [0.29, 0.717) is 17.2 Å². The quantitative estimate of drug-likeness (QED) is 0.677. The van der Waals surface area contributed by atoms with Gasteiger partial charge in [-0.05, 0) is 30.3 Å². The number of sulfonamides is 1. The van der Waals surface area contributed by atoms with E-state index in [-0.39, 0.29) is 11.3 Å². The van der Waals surface area contributed by atoms with Crippen LogP contribution in [-0.4, -0.2) is 47.3 Å². The van der Waals surface area contributed by atoms with E-state index in [4.69, 9.17) is 15.2 Å². The topological polar surface area (TPSA) is 128 Å². The van der Waals surface area contributed by atoms with E-state index in [1.807, 2.05) is 0 Å². The van der Waals surface area contributed by atoms with Gasteiger partial charge in [-0.2, -0.15) is 0 Å². The molecule has 0 saturated heterocycles. The molecule has 2 aromatic carbocycles. The van der Waals surface area contributed by atoms with Crippen LogP contribution in [0.15, 0.2) is 42.5 Å². The summed E-state index contributed by atoms with van der Waals surface area (Å²) in [4.78, 5) is 23.7. The van der Waals surface area contributed by atoms with Crippen LogP contribution in [0, 0.1) is 0 Å². The number of hydrogen-bond donors (Lipinski definition) is 2. The Hall–Kier alpha value is -3.27. The molecule has 0 aromatic heterocycles. The fraction of sp³-hybridized carbons (Fsp3) is 0.222. The normalized spacial score (nSPS) is 10.8. The van der Waals surface area contributed by atoms with Crippen molar-refractivity contribution in [3.63, 3.8) is 0 Å². The van der Waals surface area contributed by atoms with Crippen molar-refractivity contribution < 1.29 is 27.5 Å². The van der Waals surface area contributed by atoms with Crippen molar-refractivity contribution in [2.45, 2.75) is 0 Å². The molecule has 0 atom stereocenters. The Bertz CT molecular complexity index is 991. The summed E-state index contributed by atoms with van der Waals surface area (Å²) in [6.45, 7) is -0.477. The van der Waals surface area contributed by atoms with Crippen molar-refractivity contribution in [2.24, 2.45) is 5.73 Å². The number of carbonyl (C=O) groups excluding carboxylic acids is 2. The van der Waals surface area contributed by atoms with Gasteiger partial charge in [0.1, 0.15) is 6.54 Å². The minimum absolute atomic E-state index is 0.220. The summed E-state index contributed by atoms with van der Waals surface area (Å²) in [5.74, 6) is -0.489. The number of benzene rings is 2. The minimum atomic E-state index is -3.77. The summed E-state index contributed by atoms with van der Waals surface area (Å²) in [5, 5.41) is 2.55. The maximum atomic E-state index is 12.4. The average molecular weight is 407 g/mol. The number of anilines is 2. The van der Waals surface area contributed by atoms with Crippen molar-refractivity contribution in [1.82, 2.24) is 0 Å². The van der Waals surface area contributed by atoms with Crippen LogP contribution < -0.4 is 24.8 Å². The van der Waals surface area contributed by atoms with Crippen molar-refractivity contribution >= 4 is 33.2 Å². The first kappa shape index (κ1) is 21.0. The van der Waals surface area contributed by atoms with Gasteiger partial charge in [-0.15, -0.1) is 0 Å². The fourth-order valence-corrected chi connectivity index (χ4v) is 3.31. The number of nitrogens with two attached hydrogens (primary N) is 1. The third-order valence-electron chi connectivity index (χ3n) is 3.77. The second kappa shape index (κ2) is 8.61. The number of carbonyl (C=O) groups is 2. The van der Waals surface area contributed by atoms with Gasteiger partial charge in [0.15, 0.2) is 11.5 Å². The van der Waals surface area contributed by atoms with Crippen LogP contribution in [-0.2, 0) is 14.8 Å². The molecule has 0 aliphatic heterocycles. The molecule has 0 fully saturated rings. The van der Waals surface area contributed by atoms with Gasteiger partial charge >= 0.3 is 0 Å². The monoisotopic (exact) mass is 407 g/mol. The maximum absolute atomic E-state index is 12.4. The highest BCUT2D eigenvalue weighted by molar-refractivity contribution is 7.92. The maximum Gasteiger partial charge on any atom is 0.248 e. The molecule has 0 heterocycles. The van der Waals surface area contributed by atoms with E-state index in [1.165, 1.54) is 38.5 Å². The third-order valence-corrected chi connectivity index (χ3v) is 4.91. The van der Waals surface area contributed by atoms with E-state index in [2.05, 4.69) is 5.32 Å². The number of methoxy groups -OCH3 is 2. The van der Waals surface area contributed by atoms with Crippen LogP contribution in [0.25, 0.3) is 0 Å². The van der Waals surface area contributed by atoms with E-state index < -0.39 is 28.4 Å². The number of ether oxygens (including phenoxy) is 2. The molecular formula is C18H21N3O6S. The molecule has 9 nitrogen and oxygen atoms in total. The average Bonchev–Trinajstić information content (AvgIpc) is 2.64. The SMILES string of the molecule is COc1ccc(N(CC(=O)Nc2cccc(C(N)=O)c2)S(C)(=O)=O)cc1OC. The summed E-state index contributed by atoms with van der Waals surface area (Å²) in [5.41, 5.74) is 6.00. The van der Waals surface area contributed by atoms with E-state index >= 15 is 0 Å². The molecule has 0 aliphatic rings. The first-order valence-corrected chi connectivity index (χ1v) is 9.90. The lowest BCUT2D eigenvalue weighted by Crippen LogP contribution is -2.37. The third kappa shape index (κ3) is 5.13. The highest BCUT2D eigenvalue weighted by Crippen LogP contribution is 2.32. The number of amides is 2. The largest absolute Gasteiger partial charge is 0.493 e. The predicted molar refractivity (Wildman–Crippen MR) is 105 cm³/mol. The van der Waals surface area contributed by atoms with Gasteiger partial charge in [0, 0.05) is 17.3 Å². The summed E-state index contributed by atoms with van der Waals surface area (Å²) in [6, 6.07) is 10.5. The van der Waals surface area contributed by atoms with Gasteiger partial charge in [0.25, 0.3) is 0 Å². The van der Waals surface area contributed by atoms with Crippen molar-refractivity contribution in [3.8, 4) is 11.5 Å². The molecule has 3 N–H and O–H groups in total. The molecule has 28 heavy (non-hydrogen) atoms. The highest BCUT2D eigenvalue weighted by atomic mass is 32.2. The summed E-state index contributed by atoms with van der Waals surface area (Å²) >= 11 is 0. The van der Waals surface area contributed by atoms with Gasteiger partial charge in [0.05, 0.1) is 26.2 Å². The smallest absolute Gasteiger partial charge is 0.248 e. The molecule has 150 valence electrons. The van der Waals surface area contributed by atoms with Gasteiger partial charge in [-0.1, -0.05) is 6.07 Å². The molecular weight excluding hydrogens is 386 g/mol. The van der Waals surface area contributed by atoms with E-state index in [9.17, 15) is 18.0 Å². The first-order valence-electron chi connectivity index (χ1n) is 8.05. The number of nitrogens with one attached hydrogen (secondary N) is 1. The number of rotatable bonds is 8. The van der Waals surface area contributed by atoms with Crippen LogP contribution in [0.1, 0.15) is 10.4 Å². The van der Waals surface area contributed by atoms with Crippen molar-refractivity contribution in [3.05, 3.63) is 48.0 Å². The van der Waals surface area contributed by atoms with Gasteiger partial charge in [-0.25, -0.2) is 8.42 Å². The molecule has 0 unspecified atom stereocenters. The molecule has 2 aromatic rings. The summed E-state index contributed by atoms with van der Waals surface area (Å²) in [7, 11) is -0.890. The van der Waals surface area contributed by atoms with Crippen molar-refractivity contribution in [2.75, 3.05) is 36.6 Å². The van der Waals surface area contributed by atoms with Gasteiger partial charge in [0.2, 0.25) is 21.8 Å². The molecule has 0 radical (unpaired) electrons. The molecule has 0 aliphatic carbocycles. The van der Waals surface area contributed by atoms with Gasteiger partial charge in [-0.3, -0.25) is 13.9 Å². The Kier molecular flexibility index (Phi) is 6.47. The highest BCUT2D eigenvalue weighted by Gasteiger charge is 2.22. The Labute approximate surface area is 163 Å². The molecule has 2 rings (SSSR count). The Morgan fingerprint density at radius 2 is 1.75 bits per heavy atom. The van der Waals surface area contributed by atoms with Crippen LogP contribution in [0.5, 0.6) is 11.5 Å². The van der Waals surface area contributed by atoms with Gasteiger partial charge < -0.3 is 20.5 Å². The lowest BCUT2D eigenvalue weighted by molar-refractivity contribution is -0.114. The van der Waals surface area contributed by atoms with Crippen molar-refractivity contribution in [1.29, 1.82) is 0 Å². The second-order valence-corrected chi connectivity index (χ2v) is 7.71. The molecule has 0 spiro atoms. The zero-order valence-electron chi connectivity index (χ0n) is 15.6. The van der Waals surface area contributed by atoms with E-state index in [1.54, 1.807) is 18.2 Å². The van der Waals surface area contributed by atoms with Crippen LogP contribution >= 0.6 is 0 Å². The summed E-state index contributed by atoms with van der Waals surface area (Å²) < 4.78 is 35.7. The molecule has 2 amide bonds. The first-order chi connectivity index (χ1) is 13.2. The van der Waals surface area contributed by atoms with E-state index in [0.717, 1.165) is 10.6 Å². The molecule has 0 saturated carbocycles. The standard InChI is InChI=1S/C18H21N3O6S/c1-26-15-8-7-14(10-16(15)27-2)21(28(3,24)25)11-17(22)20-13-6-4-5-12(9-13)18(19)23/h4-10H,11H2,1-3H3,(H2,19,23)(H,20,22). The summed E-state index contributed by atoms with van der Waals surface area (Å²) in [6.07, 6.45) is 0.991. The van der Waals surface area contributed by atoms with Crippen LogP contribution in [0.4, 0.5) is 11.4 Å². The second-order valence-electron chi connectivity index (χ2n) is 5.80.